The summed E-state index contributed by atoms with van der Waals surface area (Å²) in [6.45, 7) is 5.26. The molecule has 1 aliphatic heterocycles. The number of fused-ring (bicyclic) bond motifs is 1. The molecule has 3 amide bonds. The van der Waals surface area contributed by atoms with Gasteiger partial charge in [-0.15, -0.1) is 0 Å². The average molecular weight is 513 g/mol. The highest BCUT2D eigenvalue weighted by atomic mass is 16.5. The van der Waals surface area contributed by atoms with Crippen molar-refractivity contribution in [3.05, 3.63) is 79.0 Å². The van der Waals surface area contributed by atoms with Crippen LogP contribution < -0.4 is 20.7 Å². The Morgan fingerprint density at radius 3 is 2.47 bits per heavy atom. The summed E-state index contributed by atoms with van der Waals surface area (Å²) >= 11 is 0. The zero-order valence-electron chi connectivity index (χ0n) is 21.4. The Morgan fingerprint density at radius 1 is 0.947 bits per heavy atom. The normalized spacial score (nSPS) is 15.3. The third-order valence-electron chi connectivity index (χ3n) is 6.45. The molecule has 9 heteroatoms. The highest BCUT2D eigenvalue weighted by Crippen LogP contribution is 2.23. The number of urea groups is 1. The average Bonchev–Trinajstić information content (AvgIpc) is 3.51. The van der Waals surface area contributed by atoms with Crippen molar-refractivity contribution in [3.8, 4) is 11.5 Å². The van der Waals surface area contributed by atoms with Crippen molar-refractivity contribution < 1.29 is 14.3 Å². The fourth-order valence-corrected chi connectivity index (χ4v) is 4.68. The number of anilines is 2. The lowest BCUT2D eigenvalue weighted by atomic mass is 10.2. The molecule has 0 spiro atoms. The third kappa shape index (κ3) is 6.89. The number of likely N-dealkylation sites (tertiary alicyclic amines) is 1. The van der Waals surface area contributed by atoms with Gasteiger partial charge >= 0.3 is 6.03 Å². The molecule has 4 aromatic rings. The highest BCUT2D eigenvalue weighted by Gasteiger charge is 2.22. The van der Waals surface area contributed by atoms with E-state index in [0.29, 0.717) is 17.1 Å². The number of aryl methyl sites for hydroxylation is 1. The minimum atomic E-state index is -0.330. The summed E-state index contributed by atoms with van der Waals surface area (Å²) in [7, 11) is 0. The van der Waals surface area contributed by atoms with E-state index < -0.39 is 0 Å². The monoisotopic (exact) mass is 512 g/mol. The van der Waals surface area contributed by atoms with Crippen LogP contribution in [0.4, 0.5) is 16.2 Å². The number of nitrogens with one attached hydrogen (secondary N) is 3. The van der Waals surface area contributed by atoms with Crippen molar-refractivity contribution in [2.75, 3.05) is 30.3 Å². The summed E-state index contributed by atoms with van der Waals surface area (Å²) in [4.78, 5) is 26.2. The SMILES string of the molecule is CC(=O)NC1CCN(CCCn2cc3ccc(NC(=O)Nc4ccc(Oc5ccccc5)cc4)cc3n2)C1. The van der Waals surface area contributed by atoms with Gasteiger partial charge in [0.25, 0.3) is 0 Å². The van der Waals surface area contributed by atoms with Crippen LogP contribution in [0.3, 0.4) is 0 Å². The van der Waals surface area contributed by atoms with Crippen LogP contribution in [-0.2, 0) is 11.3 Å². The molecular formula is C29H32N6O3. The van der Waals surface area contributed by atoms with Crippen LogP contribution in [-0.4, -0.2) is 52.3 Å². The van der Waals surface area contributed by atoms with Gasteiger partial charge in [0.15, 0.2) is 0 Å². The molecule has 3 N–H and O–H groups in total. The lowest BCUT2D eigenvalue weighted by Gasteiger charge is -2.16. The Kier molecular flexibility index (Phi) is 7.84. The van der Waals surface area contributed by atoms with Gasteiger partial charge in [-0.25, -0.2) is 4.79 Å². The predicted octanol–water partition coefficient (Wildman–Crippen LogP) is 5.07. The van der Waals surface area contributed by atoms with E-state index in [2.05, 4.69) is 25.9 Å². The molecule has 38 heavy (non-hydrogen) atoms. The largest absolute Gasteiger partial charge is 0.457 e. The van der Waals surface area contributed by atoms with E-state index in [0.717, 1.165) is 55.7 Å². The second kappa shape index (κ2) is 11.8. The van der Waals surface area contributed by atoms with Gasteiger partial charge < -0.3 is 25.6 Å². The Balaban J connectivity index is 1.09. The van der Waals surface area contributed by atoms with Crippen molar-refractivity contribution in [1.82, 2.24) is 20.0 Å². The second-order valence-corrected chi connectivity index (χ2v) is 9.52. The lowest BCUT2D eigenvalue weighted by Crippen LogP contribution is -2.35. The van der Waals surface area contributed by atoms with Crippen molar-refractivity contribution in [3.63, 3.8) is 0 Å². The Morgan fingerprint density at radius 2 is 1.68 bits per heavy atom. The summed E-state index contributed by atoms with van der Waals surface area (Å²) < 4.78 is 7.74. The maximum atomic E-state index is 12.5. The Labute approximate surface area is 221 Å². The van der Waals surface area contributed by atoms with E-state index in [1.54, 1.807) is 19.1 Å². The number of rotatable bonds is 9. The molecule has 3 aromatic carbocycles. The van der Waals surface area contributed by atoms with Crippen LogP contribution in [0.1, 0.15) is 19.8 Å². The number of para-hydroxylation sites is 1. The van der Waals surface area contributed by atoms with Gasteiger partial charge in [-0.05, 0) is 74.0 Å². The van der Waals surface area contributed by atoms with E-state index in [-0.39, 0.29) is 18.0 Å². The highest BCUT2D eigenvalue weighted by molar-refractivity contribution is 6.00. The fraction of sp³-hybridized carbons (Fsp3) is 0.276. The van der Waals surface area contributed by atoms with Crippen molar-refractivity contribution in [2.24, 2.45) is 0 Å². The van der Waals surface area contributed by atoms with Gasteiger partial charge in [-0.2, -0.15) is 5.10 Å². The lowest BCUT2D eigenvalue weighted by molar-refractivity contribution is -0.119. The molecule has 5 rings (SSSR count). The topological polar surface area (TPSA) is 101 Å². The first-order valence-corrected chi connectivity index (χ1v) is 12.9. The molecule has 2 heterocycles. The number of hydrogen-bond donors (Lipinski definition) is 3. The summed E-state index contributed by atoms with van der Waals surface area (Å²) in [5, 5.41) is 14.4. The fourth-order valence-electron chi connectivity index (χ4n) is 4.68. The summed E-state index contributed by atoms with van der Waals surface area (Å²) in [6.07, 6.45) is 4.01. The molecule has 1 atom stereocenters. The van der Waals surface area contributed by atoms with Crippen molar-refractivity contribution >= 4 is 34.2 Å². The molecule has 0 bridgehead atoms. The third-order valence-corrected chi connectivity index (χ3v) is 6.45. The molecule has 196 valence electrons. The smallest absolute Gasteiger partial charge is 0.323 e. The van der Waals surface area contributed by atoms with Crippen LogP contribution >= 0.6 is 0 Å². The van der Waals surface area contributed by atoms with Gasteiger partial charge in [0.05, 0.1) is 5.52 Å². The van der Waals surface area contributed by atoms with Crippen LogP contribution in [0.15, 0.2) is 79.0 Å². The van der Waals surface area contributed by atoms with Crippen LogP contribution in [0, 0.1) is 0 Å². The number of hydrogen-bond acceptors (Lipinski definition) is 5. The molecule has 0 radical (unpaired) electrons. The molecule has 1 aliphatic rings. The van der Waals surface area contributed by atoms with Gasteiger partial charge in [0.2, 0.25) is 5.91 Å². The van der Waals surface area contributed by atoms with Gasteiger partial charge in [-0.3, -0.25) is 9.48 Å². The Bertz CT molecular complexity index is 1390. The molecule has 0 saturated carbocycles. The van der Waals surface area contributed by atoms with Crippen LogP contribution in [0.5, 0.6) is 11.5 Å². The van der Waals surface area contributed by atoms with E-state index in [9.17, 15) is 9.59 Å². The first kappa shape index (κ1) is 25.3. The summed E-state index contributed by atoms with van der Waals surface area (Å²) in [5.74, 6) is 1.49. The number of nitrogens with zero attached hydrogens (tertiary/aromatic N) is 3. The van der Waals surface area contributed by atoms with E-state index in [1.165, 1.54) is 0 Å². The first-order chi connectivity index (χ1) is 18.5. The number of carbonyl (C=O) groups is 2. The van der Waals surface area contributed by atoms with Gasteiger partial charge in [0, 0.05) is 55.6 Å². The van der Waals surface area contributed by atoms with E-state index in [4.69, 9.17) is 4.74 Å². The number of amides is 3. The van der Waals surface area contributed by atoms with Gasteiger partial charge in [-0.1, -0.05) is 18.2 Å². The standard InChI is InChI=1S/C29H32N6O3/c1-21(36)30-25-14-17-34(20-25)15-5-16-35-19-22-8-9-24(18-28(22)33-35)32-29(37)31-23-10-12-27(13-11-23)38-26-6-3-2-4-7-26/h2-4,6-13,18-19,25H,5,14-17,20H2,1H3,(H,30,36)(H2,31,32,37). The van der Waals surface area contributed by atoms with Crippen molar-refractivity contribution in [2.45, 2.75) is 32.4 Å². The van der Waals surface area contributed by atoms with E-state index in [1.807, 2.05) is 71.5 Å². The number of ether oxygens (including phenoxy) is 1. The molecule has 9 nitrogen and oxygen atoms in total. The maximum Gasteiger partial charge on any atom is 0.323 e. The summed E-state index contributed by atoms with van der Waals surface area (Å²) in [6, 6.07) is 22.4. The van der Waals surface area contributed by atoms with Gasteiger partial charge in [0.1, 0.15) is 11.5 Å². The molecule has 1 fully saturated rings. The molecule has 1 unspecified atom stereocenters. The quantitative estimate of drug-likeness (QED) is 0.291. The van der Waals surface area contributed by atoms with Crippen LogP contribution in [0.25, 0.3) is 10.9 Å². The minimum absolute atomic E-state index is 0.0368. The van der Waals surface area contributed by atoms with Crippen molar-refractivity contribution in [1.29, 1.82) is 0 Å². The molecule has 0 aliphatic carbocycles. The summed E-state index contributed by atoms with van der Waals surface area (Å²) in [5.41, 5.74) is 2.16. The Hall–Kier alpha value is -4.37. The molecule has 1 saturated heterocycles. The second-order valence-electron chi connectivity index (χ2n) is 9.52. The molecule has 1 aromatic heterocycles. The number of carbonyl (C=O) groups excluding carboxylic acids is 2. The first-order valence-electron chi connectivity index (χ1n) is 12.9. The van der Waals surface area contributed by atoms with Crippen LogP contribution in [0.2, 0.25) is 0 Å². The predicted molar refractivity (Wildman–Crippen MR) is 149 cm³/mol. The number of benzene rings is 3. The maximum absolute atomic E-state index is 12.5. The minimum Gasteiger partial charge on any atom is -0.457 e. The van der Waals surface area contributed by atoms with E-state index >= 15 is 0 Å². The zero-order chi connectivity index (χ0) is 26.3. The number of aromatic nitrogens is 2. The zero-order valence-corrected chi connectivity index (χ0v) is 21.4. The molecular weight excluding hydrogens is 480 g/mol.